The predicted octanol–water partition coefficient (Wildman–Crippen LogP) is 3.74. The predicted molar refractivity (Wildman–Crippen MR) is 97.1 cm³/mol. The van der Waals surface area contributed by atoms with Gasteiger partial charge in [0.1, 0.15) is 17.7 Å². The maximum atomic E-state index is 11.8. The third kappa shape index (κ3) is 3.42. The minimum absolute atomic E-state index is 0.00976. The van der Waals surface area contributed by atoms with Crippen molar-refractivity contribution in [2.24, 2.45) is 0 Å². The third-order valence-corrected chi connectivity index (χ3v) is 4.15. The molecular weight excluding hydrogens is 316 g/mol. The lowest BCUT2D eigenvalue weighted by atomic mass is 10.1. The van der Waals surface area contributed by atoms with E-state index in [1.165, 1.54) is 0 Å². The molecule has 1 atom stereocenters. The van der Waals surface area contributed by atoms with Crippen LogP contribution in [0.3, 0.4) is 0 Å². The summed E-state index contributed by atoms with van der Waals surface area (Å²) in [5.74, 6) is 1.34. The molecule has 0 saturated heterocycles. The first-order chi connectivity index (χ1) is 12.0. The molecule has 1 N–H and O–H groups in total. The van der Waals surface area contributed by atoms with Crippen molar-refractivity contribution < 1.29 is 14.6 Å². The van der Waals surface area contributed by atoms with Gasteiger partial charge in [-0.2, -0.15) is 0 Å². The first-order valence-corrected chi connectivity index (χ1v) is 8.41. The smallest absolute Gasteiger partial charge is 0.159 e. The molecule has 0 spiro atoms. The Morgan fingerprint density at radius 2 is 2.04 bits per heavy atom. The maximum absolute atomic E-state index is 11.8. The molecule has 0 saturated carbocycles. The molecule has 3 rings (SSSR count). The van der Waals surface area contributed by atoms with Gasteiger partial charge in [0.25, 0.3) is 0 Å². The minimum atomic E-state index is -0.695. The summed E-state index contributed by atoms with van der Waals surface area (Å²) in [6.07, 6.45) is -0.695. The van der Waals surface area contributed by atoms with Crippen LogP contribution < -0.4 is 4.74 Å². The summed E-state index contributed by atoms with van der Waals surface area (Å²) in [5.41, 5.74) is 3.30. The second kappa shape index (κ2) is 7.07. The number of fused-ring (bicyclic) bond motifs is 1. The van der Waals surface area contributed by atoms with Gasteiger partial charge in [-0.25, -0.2) is 4.98 Å². The van der Waals surface area contributed by atoms with E-state index >= 15 is 0 Å². The number of nitrogens with zero attached hydrogens (tertiary/aromatic N) is 2. The van der Waals surface area contributed by atoms with E-state index in [1.807, 2.05) is 47.9 Å². The molecule has 1 unspecified atom stereocenters. The number of aliphatic hydroxyl groups excluding tert-OH is 1. The van der Waals surface area contributed by atoms with E-state index < -0.39 is 6.10 Å². The Labute approximate surface area is 146 Å². The molecule has 0 aliphatic heterocycles. The van der Waals surface area contributed by atoms with E-state index in [0.29, 0.717) is 24.5 Å². The average Bonchev–Trinajstić information content (AvgIpc) is 2.95. The molecule has 1 heterocycles. The van der Waals surface area contributed by atoms with Gasteiger partial charge in [-0.15, -0.1) is 0 Å². The van der Waals surface area contributed by atoms with Crippen molar-refractivity contribution in [2.45, 2.75) is 33.4 Å². The SMILES string of the molecule is CCOc1ccc(C(C)=O)cc1Cn1c(C(C)O)nc2ccccc21. The molecule has 5 heteroatoms. The summed E-state index contributed by atoms with van der Waals surface area (Å²) < 4.78 is 7.70. The molecule has 0 fully saturated rings. The monoisotopic (exact) mass is 338 g/mol. The Bertz CT molecular complexity index is 912. The molecule has 0 aliphatic rings. The number of Topliss-reactive ketones (excluding diaryl/α,β-unsaturated/α-hetero) is 1. The van der Waals surface area contributed by atoms with Crippen molar-refractivity contribution in [2.75, 3.05) is 6.61 Å². The molecule has 5 nitrogen and oxygen atoms in total. The van der Waals surface area contributed by atoms with Crippen molar-refractivity contribution >= 4 is 16.8 Å². The molecule has 0 aliphatic carbocycles. The molecule has 0 bridgehead atoms. The van der Waals surface area contributed by atoms with E-state index in [-0.39, 0.29) is 5.78 Å². The first-order valence-electron chi connectivity index (χ1n) is 8.41. The minimum Gasteiger partial charge on any atom is -0.494 e. The second-order valence-corrected chi connectivity index (χ2v) is 6.03. The highest BCUT2D eigenvalue weighted by Crippen LogP contribution is 2.27. The second-order valence-electron chi connectivity index (χ2n) is 6.03. The van der Waals surface area contributed by atoms with Crippen LogP contribution in [0.25, 0.3) is 11.0 Å². The zero-order valence-electron chi connectivity index (χ0n) is 14.7. The molecule has 130 valence electrons. The first kappa shape index (κ1) is 17.2. The summed E-state index contributed by atoms with van der Waals surface area (Å²) in [7, 11) is 0. The van der Waals surface area contributed by atoms with E-state index in [4.69, 9.17) is 4.74 Å². The van der Waals surface area contributed by atoms with E-state index in [2.05, 4.69) is 4.98 Å². The van der Waals surface area contributed by atoms with Gasteiger partial charge in [0.2, 0.25) is 0 Å². The summed E-state index contributed by atoms with van der Waals surface area (Å²) in [4.78, 5) is 16.3. The molecule has 2 aromatic carbocycles. The number of benzene rings is 2. The standard InChI is InChI=1S/C20H22N2O3/c1-4-25-19-10-9-15(13(2)23)11-16(19)12-22-18-8-6-5-7-17(18)21-20(22)14(3)24/h5-11,14,24H,4,12H2,1-3H3. The number of hydrogen-bond donors (Lipinski definition) is 1. The fourth-order valence-electron chi connectivity index (χ4n) is 2.97. The molecule has 1 aromatic heterocycles. The number of carbonyl (C=O) groups is 1. The van der Waals surface area contributed by atoms with Crippen molar-refractivity contribution in [3.05, 3.63) is 59.4 Å². The maximum Gasteiger partial charge on any atom is 0.159 e. The van der Waals surface area contributed by atoms with Gasteiger partial charge < -0.3 is 14.4 Å². The van der Waals surface area contributed by atoms with Crippen LogP contribution in [0.5, 0.6) is 5.75 Å². The molecule has 25 heavy (non-hydrogen) atoms. The van der Waals surface area contributed by atoms with Gasteiger partial charge in [0, 0.05) is 11.1 Å². The van der Waals surface area contributed by atoms with E-state index in [0.717, 1.165) is 22.3 Å². The third-order valence-electron chi connectivity index (χ3n) is 4.15. The van der Waals surface area contributed by atoms with Crippen LogP contribution in [0.15, 0.2) is 42.5 Å². The largest absolute Gasteiger partial charge is 0.494 e. The number of carbonyl (C=O) groups excluding carboxylic acids is 1. The van der Waals surface area contributed by atoms with Crippen molar-refractivity contribution in [3.63, 3.8) is 0 Å². The van der Waals surface area contributed by atoms with E-state index in [9.17, 15) is 9.90 Å². The average molecular weight is 338 g/mol. The fraction of sp³-hybridized carbons (Fsp3) is 0.300. The summed E-state index contributed by atoms with van der Waals surface area (Å²) in [5, 5.41) is 10.1. The summed E-state index contributed by atoms with van der Waals surface area (Å²) in [6, 6.07) is 13.2. The summed E-state index contributed by atoms with van der Waals surface area (Å²) in [6.45, 7) is 6.19. The zero-order chi connectivity index (χ0) is 18.0. The number of ketones is 1. The summed E-state index contributed by atoms with van der Waals surface area (Å²) >= 11 is 0. The Kier molecular flexibility index (Phi) is 4.86. The van der Waals surface area contributed by atoms with Crippen molar-refractivity contribution in [1.82, 2.24) is 9.55 Å². The Morgan fingerprint density at radius 1 is 1.28 bits per heavy atom. The van der Waals surface area contributed by atoms with Gasteiger partial charge in [-0.1, -0.05) is 12.1 Å². The number of rotatable bonds is 6. The Hall–Kier alpha value is -2.66. The van der Waals surface area contributed by atoms with Gasteiger partial charge in [-0.3, -0.25) is 4.79 Å². The van der Waals surface area contributed by atoms with Crippen LogP contribution in [-0.2, 0) is 6.54 Å². The zero-order valence-corrected chi connectivity index (χ0v) is 14.7. The lowest BCUT2D eigenvalue weighted by Gasteiger charge is -2.15. The number of aromatic nitrogens is 2. The van der Waals surface area contributed by atoms with Gasteiger partial charge in [0.15, 0.2) is 5.78 Å². The molecule has 0 amide bonds. The van der Waals surface area contributed by atoms with E-state index in [1.54, 1.807) is 19.9 Å². The molecular formula is C20H22N2O3. The van der Waals surface area contributed by atoms with Gasteiger partial charge >= 0.3 is 0 Å². The lowest BCUT2D eigenvalue weighted by Crippen LogP contribution is -2.10. The highest BCUT2D eigenvalue weighted by Gasteiger charge is 2.17. The van der Waals surface area contributed by atoms with Gasteiger partial charge in [-0.05, 0) is 51.1 Å². The fourth-order valence-corrected chi connectivity index (χ4v) is 2.97. The Morgan fingerprint density at radius 3 is 2.72 bits per heavy atom. The van der Waals surface area contributed by atoms with Crippen molar-refractivity contribution in [3.8, 4) is 5.75 Å². The van der Waals surface area contributed by atoms with Crippen LogP contribution in [0.2, 0.25) is 0 Å². The van der Waals surface area contributed by atoms with Crippen molar-refractivity contribution in [1.29, 1.82) is 0 Å². The number of hydrogen-bond acceptors (Lipinski definition) is 4. The normalized spacial score (nSPS) is 12.3. The van der Waals surface area contributed by atoms with Crippen LogP contribution >= 0.6 is 0 Å². The Balaban J connectivity index is 2.13. The van der Waals surface area contributed by atoms with Crippen LogP contribution in [0.4, 0.5) is 0 Å². The number of imidazole rings is 1. The molecule has 0 radical (unpaired) electrons. The highest BCUT2D eigenvalue weighted by molar-refractivity contribution is 5.94. The number of para-hydroxylation sites is 2. The quantitative estimate of drug-likeness (QED) is 0.696. The number of aliphatic hydroxyl groups is 1. The topological polar surface area (TPSA) is 64.3 Å². The van der Waals surface area contributed by atoms with Crippen LogP contribution in [-0.4, -0.2) is 27.0 Å². The number of ether oxygens (including phenoxy) is 1. The molecule has 3 aromatic rings. The van der Waals surface area contributed by atoms with Crippen LogP contribution in [0, 0.1) is 0 Å². The lowest BCUT2D eigenvalue weighted by molar-refractivity contribution is 0.101. The van der Waals surface area contributed by atoms with Crippen LogP contribution in [0.1, 0.15) is 48.6 Å². The highest BCUT2D eigenvalue weighted by atomic mass is 16.5. The van der Waals surface area contributed by atoms with Gasteiger partial charge in [0.05, 0.1) is 24.2 Å².